The largest absolute Gasteiger partial charge is 0.272 e. The number of nitrogens with one attached hydrogen (secondary N) is 1. The van der Waals surface area contributed by atoms with E-state index in [-0.39, 0.29) is 34.0 Å². The van der Waals surface area contributed by atoms with E-state index in [0.29, 0.717) is 22.3 Å². The quantitative estimate of drug-likeness (QED) is 0.348. The van der Waals surface area contributed by atoms with Crippen molar-refractivity contribution in [3.05, 3.63) is 99.4 Å². The van der Waals surface area contributed by atoms with Crippen molar-refractivity contribution in [2.24, 2.45) is 4.99 Å². The molecule has 36 heavy (non-hydrogen) atoms. The SMILES string of the molecule is Cc1ccc(CC2CONC(c3c(S(=O)(=O)c4cccc(Cl)c4F)cnc4ccccc34)=N2)c(Cl)c1. The molecule has 184 valence electrons. The first-order valence-electron chi connectivity index (χ1n) is 11.0. The third kappa shape index (κ3) is 4.57. The second-order valence-corrected chi connectivity index (χ2v) is 11.1. The predicted molar refractivity (Wildman–Crippen MR) is 138 cm³/mol. The molecule has 10 heteroatoms. The van der Waals surface area contributed by atoms with Crippen LogP contribution < -0.4 is 5.48 Å². The molecular weight excluding hydrogens is 524 g/mol. The Bertz CT molecular complexity index is 1630. The lowest BCUT2D eigenvalue weighted by atomic mass is 10.0. The van der Waals surface area contributed by atoms with Crippen LogP contribution >= 0.6 is 23.2 Å². The van der Waals surface area contributed by atoms with Gasteiger partial charge < -0.3 is 0 Å². The van der Waals surface area contributed by atoms with E-state index in [1.165, 1.54) is 24.4 Å². The van der Waals surface area contributed by atoms with Crippen molar-refractivity contribution in [3.8, 4) is 0 Å². The molecule has 0 aliphatic carbocycles. The molecule has 0 spiro atoms. The topological polar surface area (TPSA) is 80.6 Å². The Kier molecular flexibility index (Phi) is 6.70. The monoisotopic (exact) mass is 543 g/mol. The van der Waals surface area contributed by atoms with Crippen LogP contribution in [-0.4, -0.2) is 31.9 Å². The van der Waals surface area contributed by atoms with Gasteiger partial charge in [0.25, 0.3) is 0 Å². The molecule has 1 unspecified atom stereocenters. The molecule has 0 bridgehead atoms. The average Bonchev–Trinajstić information content (AvgIpc) is 2.86. The van der Waals surface area contributed by atoms with Gasteiger partial charge in [-0.3, -0.25) is 14.8 Å². The summed E-state index contributed by atoms with van der Waals surface area (Å²) in [4.78, 5) is 13.9. The number of hydroxylamine groups is 1. The highest BCUT2D eigenvalue weighted by Crippen LogP contribution is 2.33. The Hall–Kier alpha value is -3.04. The Morgan fingerprint density at radius 2 is 1.86 bits per heavy atom. The van der Waals surface area contributed by atoms with E-state index in [1.54, 1.807) is 24.3 Å². The summed E-state index contributed by atoms with van der Waals surface area (Å²) in [6, 6.07) is 16.3. The second kappa shape index (κ2) is 9.78. The fraction of sp³-hybridized carbons (Fsp3) is 0.154. The number of sulfone groups is 1. The molecule has 0 amide bonds. The van der Waals surface area contributed by atoms with Gasteiger partial charge in [-0.05, 0) is 48.7 Å². The number of hydrogen-bond acceptors (Lipinski definition) is 6. The first-order chi connectivity index (χ1) is 17.3. The smallest absolute Gasteiger partial charge is 0.211 e. The van der Waals surface area contributed by atoms with Crippen LogP contribution in [-0.2, 0) is 21.1 Å². The van der Waals surface area contributed by atoms with Crippen LogP contribution in [0.3, 0.4) is 0 Å². The molecule has 6 nitrogen and oxygen atoms in total. The third-order valence-corrected chi connectivity index (χ3v) is 8.32. The van der Waals surface area contributed by atoms with Crippen LogP contribution in [0.25, 0.3) is 10.9 Å². The van der Waals surface area contributed by atoms with Crippen LogP contribution in [0.5, 0.6) is 0 Å². The van der Waals surface area contributed by atoms with Crippen LogP contribution in [0.1, 0.15) is 16.7 Å². The zero-order chi connectivity index (χ0) is 25.4. The molecule has 1 N–H and O–H groups in total. The maximum Gasteiger partial charge on any atom is 0.211 e. The van der Waals surface area contributed by atoms with E-state index >= 15 is 0 Å². The maximum absolute atomic E-state index is 14.8. The minimum absolute atomic E-state index is 0.203. The third-order valence-electron chi connectivity index (χ3n) is 5.89. The van der Waals surface area contributed by atoms with Gasteiger partial charge in [0.1, 0.15) is 9.79 Å². The second-order valence-electron chi connectivity index (χ2n) is 8.41. The van der Waals surface area contributed by atoms with Gasteiger partial charge in [-0.2, -0.15) is 0 Å². The highest BCUT2D eigenvalue weighted by Gasteiger charge is 2.31. The summed E-state index contributed by atoms with van der Waals surface area (Å²) in [6.07, 6.45) is 1.69. The lowest BCUT2D eigenvalue weighted by Gasteiger charge is -2.24. The highest BCUT2D eigenvalue weighted by atomic mass is 35.5. The summed E-state index contributed by atoms with van der Waals surface area (Å²) >= 11 is 12.3. The highest BCUT2D eigenvalue weighted by molar-refractivity contribution is 7.91. The molecular formula is C26H20Cl2FN3O3S. The van der Waals surface area contributed by atoms with Gasteiger partial charge >= 0.3 is 0 Å². The summed E-state index contributed by atoms with van der Waals surface area (Å²) < 4.78 is 42.2. The summed E-state index contributed by atoms with van der Waals surface area (Å²) in [5.41, 5.74) is 5.49. The van der Waals surface area contributed by atoms with Crippen LogP contribution in [0.2, 0.25) is 10.0 Å². The molecule has 1 aliphatic heterocycles. The fourth-order valence-electron chi connectivity index (χ4n) is 4.13. The molecule has 3 aromatic carbocycles. The van der Waals surface area contributed by atoms with E-state index in [0.717, 1.165) is 11.1 Å². The summed E-state index contributed by atoms with van der Waals surface area (Å²) in [6.45, 7) is 2.21. The lowest BCUT2D eigenvalue weighted by Crippen LogP contribution is -2.37. The van der Waals surface area contributed by atoms with Gasteiger partial charge in [0.05, 0.1) is 23.2 Å². The Morgan fingerprint density at radius 1 is 1.06 bits per heavy atom. The molecule has 4 aromatic rings. The Labute approximate surface area is 217 Å². The molecule has 0 saturated heterocycles. The number of rotatable bonds is 5. The molecule has 1 atom stereocenters. The number of amidine groups is 1. The summed E-state index contributed by atoms with van der Waals surface area (Å²) in [7, 11) is -4.37. The molecule has 2 heterocycles. The number of fused-ring (bicyclic) bond motifs is 1. The normalized spacial score (nSPS) is 16.0. The summed E-state index contributed by atoms with van der Waals surface area (Å²) in [5, 5.41) is 0.849. The van der Waals surface area contributed by atoms with Gasteiger partial charge in [0.2, 0.25) is 9.84 Å². The van der Waals surface area contributed by atoms with Crippen molar-refractivity contribution in [1.82, 2.24) is 10.5 Å². The molecule has 0 radical (unpaired) electrons. The zero-order valence-corrected chi connectivity index (χ0v) is 21.3. The number of para-hydroxylation sites is 1. The molecule has 0 fully saturated rings. The van der Waals surface area contributed by atoms with Gasteiger partial charge in [-0.1, -0.05) is 59.6 Å². The van der Waals surface area contributed by atoms with Crippen molar-refractivity contribution >= 4 is 49.8 Å². The van der Waals surface area contributed by atoms with Crippen molar-refractivity contribution in [2.75, 3.05) is 6.61 Å². The van der Waals surface area contributed by atoms with Gasteiger partial charge in [0.15, 0.2) is 11.7 Å². The standard InChI is InChI=1S/C26H20Cl2FN3O3S/c1-15-9-10-16(20(28)11-15)12-17-14-35-32-26(31-17)24-18-5-2-3-7-21(18)30-13-23(24)36(33,34)22-8-4-6-19(27)25(22)29/h2-11,13,17H,12,14H2,1H3,(H,31,32). The van der Waals surface area contributed by atoms with E-state index in [4.69, 9.17) is 33.0 Å². The van der Waals surface area contributed by atoms with Gasteiger partial charge in [0, 0.05) is 22.2 Å². The van der Waals surface area contributed by atoms with Gasteiger partial charge in [-0.15, -0.1) is 0 Å². The number of aromatic nitrogens is 1. The van der Waals surface area contributed by atoms with Crippen molar-refractivity contribution < 1.29 is 17.6 Å². The van der Waals surface area contributed by atoms with Crippen LogP contribution in [0.15, 0.2) is 81.6 Å². The predicted octanol–water partition coefficient (Wildman–Crippen LogP) is 5.71. The Balaban J connectivity index is 1.66. The molecule has 0 saturated carbocycles. The van der Waals surface area contributed by atoms with Gasteiger partial charge in [-0.25, -0.2) is 18.3 Å². The van der Waals surface area contributed by atoms with E-state index in [2.05, 4.69) is 10.5 Å². The lowest BCUT2D eigenvalue weighted by molar-refractivity contribution is 0.0624. The van der Waals surface area contributed by atoms with Crippen molar-refractivity contribution in [2.45, 2.75) is 29.2 Å². The molecule has 5 rings (SSSR count). The first-order valence-corrected chi connectivity index (χ1v) is 13.3. The maximum atomic E-state index is 14.8. The van der Waals surface area contributed by atoms with E-state index < -0.39 is 20.5 Å². The number of pyridine rings is 1. The number of benzene rings is 3. The minimum Gasteiger partial charge on any atom is -0.272 e. The number of aliphatic imine (C=N–C) groups is 1. The minimum atomic E-state index is -4.37. The Morgan fingerprint density at radius 3 is 2.67 bits per heavy atom. The molecule has 1 aromatic heterocycles. The summed E-state index contributed by atoms with van der Waals surface area (Å²) in [5.74, 6) is -0.825. The van der Waals surface area contributed by atoms with E-state index in [9.17, 15) is 12.8 Å². The average molecular weight is 544 g/mol. The molecule has 1 aliphatic rings. The number of nitrogens with zero attached hydrogens (tertiary/aromatic N) is 2. The zero-order valence-electron chi connectivity index (χ0n) is 19.0. The van der Waals surface area contributed by atoms with Crippen molar-refractivity contribution in [3.63, 3.8) is 0 Å². The fourth-order valence-corrected chi connectivity index (χ4v) is 6.18. The van der Waals surface area contributed by atoms with Crippen LogP contribution in [0.4, 0.5) is 4.39 Å². The van der Waals surface area contributed by atoms with Crippen LogP contribution in [0, 0.1) is 12.7 Å². The number of aryl methyl sites for hydroxylation is 1. The van der Waals surface area contributed by atoms with Crippen molar-refractivity contribution in [1.29, 1.82) is 0 Å². The van der Waals surface area contributed by atoms with E-state index in [1.807, 2.05) is 25.1 Å². The first kappa shape index (κ1) is 24.6. The number of hydrogen-bond donors (Lipinski definition) is 1. The number of halogens is 3.